The SMILES string of the molecule is COc1ccc(N2CCN(C)CC2)c2c1CCC(OC(=O)Nc1ccc(N3CCOCC3)cc1)C2. The molecule has 0 saturated carbocycles. The first-order chi connectivity index (χ1) is 17.1. The number of hydrogen-bond donors (Lipinski definition) is 1. The molecule has 3 aliphatic rings. The van der Waals surface area contributed by atoms with Crippen molar-refractivity contribution in [2.45, 2.75) is 25.4 Å². The van der Waals surface area contributed by atoms with Crippen molar-refractivity contribution in [3.63, 3.8) is 0 Å². The molecule has 8 heteroatoms. The van der Waals surface area contributed by atoms with Crippen LogP contribution in [-0.4, -0.2) is 83.7 Å². The Labute approximate surface area is 207 Å². The Hall–Kier alpha value is -2.97. The molecule has 0 bridgehead atoms. The highest BCUT2D eigenvalue weighted by Crippen LogP contribution is 2.37. The Morgan fingerprint density at radius 1 is 0.943 bits per heavy atom. The van der Waals surface area contributed by atoms with Gasteiger partial charge in [0, 0.05) is 62.8 Å². The standard InChI is InChI=1S/C27H36N4O4/c1-29-11-13-31(14-12-29)25-9-10-26(33-2)23-8-7-22(19-24(23)25)35-27(32)28-20-3-5-21(6-4-20)30-15-17-34-18-16-30/h3-6,9-10,22H,7-8,11-19H2,1-2H3,(H,28,32). The summed E-state index contributed by atoms with van der Waals surface area (Å²) in [5, 5.41) is 2.90. The number of anilines is 3. The van der Waals surface area contributed by atoms with Crippen LogP contribution >= 0.6 is 0 Å². The van der Waals surface area contributed by atoms with Crippen molar-refractivity contribution in [2.24, 2.45) is 0 Å². The fraction of sp³-hybridized carbons (Fsp3) is 0.519. The average Bonchev–Trinajstić information content (AvgIpc) is 2.89. The number of carbonyl (C=O) groups is 1. The number of ether oxygens (including phenoxy) is 3. The Kier molecular flexibility index (Phi) is 7.29. The van der Waals surface area contributed by atoms with Gasteiger partial charge < -0.3 is 28.9 Å². The molecular formula is C27H36N4O4. The lowest BCUT2D eigenvalue weighted by molar-refractivity contribution is 0.102. The van der Waals surface area contributed by atoms with Crippen LogP contribution in [0.3, 0.4) is 0 Å². The lowest BCUT2D eigenvalue weighted by Crippen LogP contribution is -2.45. The third-order valence-electron chi connectivity index (χ3n) is 7.34. The molecule has 0 radical (unpaired) electrons. The second-order valence-electron chi connectivity index (χ2n) is 9.58. The molecule has 0 spiro atoms. The number of hydrogen-bond acceptors (Lipinski definition) is 7. The molecule has 1 unspecified atom stereocenters. The van der Waals surface area contributed by atoms with Gasteiger partial charge in [-0.2, -0.15) is 0 Å². The Morgan fingerprint density at radius 2 is 1.69 bits per heavy atom. The van der Waals surface area contributed by atoms with Crippen LogP contribution in [0.15, 0.2) is 36.4 Å². The first-order valence-electron chi connectivity index (χ1n) is 12.6. The van der Waals surface area contributed by atoms with E-state index in [1.807, 2.05) is 24.3 Å². The van der Waals surface area contributed by atoms with E-state index in [-0.39, 0.29) is 6.10 Å². The first-order valence-corrected chi connectivity index (χ1v) is 12.6. The minimum atomic E-state index is -0.401. The van der Waals surface area contributed by atoms with Crippen LogP contribution in [0.25, 0.3) is 0 Å². The second-order valence-corrected chi connectivity index (χ2v) is 9.58. The van der Waals surface area contributed by atoms with Crippen molar-refractivity contribution in [1.82, 2.24) is 4.90 Å². The Morgan fingerprint density at radius 3 is 2.40 bits per heavy atom. The predicted octanol–water partition coefficient (Wildman–Crippen LogP) is 3.39. The highest BCUT2D eigenvalue weighted by molar-refractivity contribution is 5.85. The van der Waals surface area contributed by atoms with Gasteiger partial charge in [0.15, 0.2) is 0 Å². The van der Waals surface area contributed by atoms with Crippen LogP contribution in [0.4, 0.5) is 21.9 Å². The molecule has 5 rings (SSSR count). The molecule has 0 aromatic heterocycles. The summed E-state index contributed by atoms with van der Waals surface area (Å²) in [7, 11) is 3.89. The normalized spacial score (nSPS) is 20.8. The van der Waals surface area contributed by atoms with Crippen molar-refractivity contribution in [3.8, 4) is 5.75 Å². The van der Waals surface area contributed by atoms with Gasteiger partial charge in [0.25, 0.3) is 0 Å². The summed E-state index contributed by atoms with van der Waals surface area (Å²) in [4.78, 5) is 19.8. The molecule has 35 heavy (non-hydrogen) atoms. The summed E-state index contributed by atoms with van der Waals surface area (Å²) < 4.78 is 17.0. The molecule has 2 aliphatic heterocycles. The molecule has 2 heterocycles. The van der Waals surface area contributed by atoms with E-state index in [1.165, 1.54) is 16.8 Å². The largest absolute Gasteiger partial charge is 0.496 e. The second kappa shape index (κ2) is 10.7. The van der Waals surface area contributed by atoms with Crippen LogP contribution in [-0.2, 0) is 22.3 Å². The number of amides is 1. The van der Waals surface area contributed by atoms with Crippen molar-refractivity contribution < 1.29 is 19.0 Å². The minimum absolute atomic E-state index is 0.159. The monoisotopic (exact) mass is 480 g/mol. The molecule has 2 aromatic rings. The summed E-state index contributed by atoms with van der Waals surface area (Å²) in [5.74, 6) is 0.932. The molecule has 8 nitrogen and oxygen atoms in total. The Balaban J connectivity index is 1.23. The van der Waals surface area contributed by atoms with E-state index in [4.69, 9.17) is 14.2 Å². The molecule has 1 aliphatic carbocycles. The summed E-state index contributed by atoms with van der Waals surface area (Å²) in [6, 6.07) is 12.2. The zero-order chi connectivity index (χ0) is 24.2. The van der Waals surface area contributed by atoms with E-state index in [0.717, 1.165) is 82.4 Å². The lowest BCUT2D eigenvalue weighted by atomic mass is 9.87. The number of methoxy groups -OCH3 is 1. The van der Waals surface area contributed by atoms with Gasteiger partial charge in [0.05, 0.1) is 20.3 Å². The highest BCUT2D eigenvalue weighted by Gasteiger charge is 2.29. The van der Waals surface area contributed by atoms with Crippen LogP contribution in [0.2, 0.25) is 0 Å². The van der Waals surface area contributed by atoms with Crippen molar-refractivity contribution >= 4 is 23.2 Å². The van der Waals surface area contributed by atoms with Gasteiger partial charge in [-0.1, -0.05) is 0 Å². The Bertz CT molecular complexity index is 1010. The molecule has 1 N–H and O–H groups in total. The smallest absolute Gasteiger partial charge is 0.411 e. The van der Waals surface area contributed by atoms with Crippen molar-refractivity contribution in [1.29, 1.82) is 0 Å². The van der Waals surface area contributed by atoms with E-state index in [2.05, 4.69) is 39.2 Å². The third kappa shape index (κ3) is 5.49. The number of nitrogens with one attached hydrogen (secondary N) is 1. The van der Waals surface area contributed by atoms with Crippen LogP contribution in [0.5, 0.6) is 5.75 Å². The zero-order valence-corrected chi connectivity index (χ0v) is 20.8. The van der Waals surface area contributed by atoms with Gasteiger partial charge in [0.1, 0.15) is 11.9 Å². The number of nitrogens with zero attached hydrogens (tertiary/aromatic N) is 3. The van der Waals surface area contributed by atoms with Gasteiger partial charge in [-0.05, 0) is 67.4 Å². The molecule has 188 valence electrons. The van der Waals surface area contributed by atoms with E-state index >= 15 is 0 Å². The number of morpholine rings is 1. The molecule has 1 amide bonds. The molecule has 1 atom stereocenters. The van der Waals surface area contributed by atoms with E-state index in [9.17, 15) is 4.79 Å². The summed E-state index contributed by atoms with van der Waals surface area (Å²) in [5.41, 5.74) is 5.64. The van der Waals surface area contributed by atoms with E-state index in [0.29, 0.717) is 6.42 Å². The van der Waals surface area contributed by atoms with Gasteiger partial charge >= 0.3 is 6.09 Å². The number of benzene rings is 2. The summed E-state index contributed by atoms with van der Waals surface area (Å²) in [6.45, 7) is 7.38. The maximum atomic E-state index is 12.7. The molecule has 2 saturated heterocycles. The van der Waals surface area contributed by atoms with Gasteiger partial charge in [0.2, 0.25) is 0 Å². The van der Waals surface area contributed by atoms with Crippen molar-refractivity contribution in [2.75, 3.05) is 81.8 Å². The number of likely N-dealkylation sites (N-methyl/N-ethyl adjacent to an activating group) is 1. The number of fused-ring (bicyclic) bond motifs is 1. The fourth-order valence-corrected chi connectivity index (χ4v) is 5.31. The van der Waals surface area contributed by atoms with Gasteiger partial charge in [-0.25, -0.2) is 4.79 Å². The highest BCUT2D eigenvalue weighted by atomic mass is 16.6. The summed E-state index contributed by atoms with van der Waals surface area (Å²) in [6.07, 6.45) is 1.78. The van der Waals surface area contributed by atoms with Gasteiger partial charge in [-0.3, -0.25) is 5.32 Å². The predicted molar refractivity (Wildman–Crippen MR) is 138 cm³/mol. The summed E-state index contributed by atoms with van der Waals surface area (Å²) >= 11 is 0. The fourth-order valence-electron chi connectivity index (χ4n) is 5.31. The maximum absolute atomic E-state index is 12.7. The third-order valence-corrected chi connectivity index (χ3v) is 7.34. The van der Waals surface area contributed by atoms with Crippen LogP contribution in [0.1, 0.15) is 17.5 Å². The average molecular weight is 481 g/mol. The molecule has 2 fully saturated rings. The van der Waals surface area contributed by atoms with E-state index < -0.39 is 6.09 Å². The van der Waals surface area contributed by atoms with Gasteiger partial charge in [-0.15, -0.1) is 0 Å². The quantitative estimate of drug-likeness (QED) is 0.704. The maximum Gasteiger partial charge on any atom is 0.411 e. The number of carbonyl (C=O) groups excluding carboxylic acids is 1. The van der Waals surface area contributed by atoms with Crippen LogP contribution < -0.4 is 19.9 Å². The minimum Gasteiger partial charge on any atom is -0.496 e. The van der Waals surface area contributed by atoms with Crippen LogP contribution in [0, 0.1) is 0 Å². The van der Waals surface area contributed by atoms with Crippen molar-refractivity contribution in [3.05, 3.63) is 47.5 Å². The zero-order valence-electron chi connectivity index (χ0n) is 20.8. The number of piperazine rings is 1. The topological polar surface area (TPSA) is 66.5 Å². The first kappa shape index (κ1) is 23.8. The molecular weight excluding hydrogens is 444 g/mol. The van der Waals surface area contributed by atoms with E-state index in [1.54, 1.807) is 7.11 Å². The lowest BCUT2D eigenvalue weighted by Gasteiger charge is -2.37. The number of rotatable bonds is 5. The molecule has 2 aromatic carbocycles.